The molecule has 1 unspecified atom stereocenters. The predicted molar refractivity (Wildman–Crippen MR) is 57.4 cm³/mol. The molecular formula is C11H14N2. The third kappa shape index (κ3) is 4.11. The van der Waals surface area contributed by atoms with Gasteiger partial charge >= 0.3 is 0 Å². The maximum absolute atomic E-state index is 3.57. The van der Waals surface area contributed by atoms with Gasteiger partial charge in [0.2, 0.25) is 0 Å². The van der Waals surface area contributed by atoms with E-state index in [2.05, 4.69) is 47.4 Å². The van der Waals surface area contributed by atoms with Gasteiger partial charge in [0.25, 0.3) is 0 Å². The van der Waals surface area contributed by atoms with Crippen LogP contribution in [0, 0.1) is 5.92 Å². The summed E-state index contributed by atoms with van der Waals surface area (Å²) in [5, 5.41) is 2.98. The quantitative estimate of drug-likeness (QED) is 0.650. The van der Waals surface area contributed by atoms with Gasteiger partial charge in [-0.2, -0.15) is 0 Å². The SMILES string of the molecule is C=N/C=C\N/C=C\C1C=CC=CC1. The highest BCUT2D eigenvalue weighted by Crippen LogP contribution is 2.11. The summed E-state index contributed by atoms with van der Waals surface area (Å²) in [4.78, 5) is 3.57. The molecule has 1 aliphatic rings. The molecule has 0 heterocycles. The molecule has 0 aromatic heterocycles. The molecule has 2 heteroatoms. The van der Waals surface area contributed by atoms with Crippen molar-refractivity contribution in [3.05, 3.63) is 49.0 Å². The van der Waals surface area contributed by atoms with E-state index in [1.807, 2.05) is 6.20 Å². The molecule has 0 aromatic carbocycles. The fourth-order valence-corrected chi connectivity index (χ4v) is 1.07. The van der Waals surface area contributed by atoms with Crippen LogP contribution >= 0.6 is 0 Å². The number of allylic oxidation sites excluding steroid dienone is 5. The van der Waals surface area contributed by atoms with Crippen molar-refractivity contribution in [2.24, 2.45) is 10.9 Å². The molecule has 0 aromatic rings. The number of nitrogens with zero attached hydrogens (tertiary/aromatic N) is 1. The van der Waals surface area contributed by atoms with Crippen molar-refractivity contribution in [2.75, 3.05) is 0 Å². The average Bonchev–Trinajstić information content (AvgIpc) is 2.19. The van der Waals surface area contributed by atoms with Crippen LogP contribution in [0.5, 0.6) is 0 Å². The molecule has 0 radical (unpaired) electrons. The number of hydrogen-bond donors (Lipinski definition) is 1. The topological polar surface area (TPSA) is 24.4 Å². The monoisotopic (exact) mass is 174 g/mol. The van der Waals surface area contributed by atoms with E-state index in [0.29, 0.717) is 5.92 Å². The fraction of sp³-hybridized carbons (Fsp3) is 0.182. The lowest BCUT2D eigenvalue weighted by Gasteiger charge is -2.05. The van der Waals surface area contributed by atoms with Crippen LogP contribution in [-0.2, 0) is 0 Å². The Morgan fingerprint density at radius 1 is 1.38 bits per heavy atom. The van der Waals surface area contributed by atoms with Crippen LogP contribution in [0.3, 0.4) is 0 Å². The third-order valence-electron chi connectivity index (χ3n) is 1.73. The first kappa shape index (κ1) is 9.52. The number of hydrogen-bond acceptors (Lipinski definition) is 2. The highest BCUT2D eigenvalue weighted by Gasteiger charge is 1.98. The molecule has 0 aliphatic heterocycles. The molecule has 1 rings (SSSR count). The summed E-state index contributed by atoms with van der Waals surface area (Å²) in [5.74, 6) is 0.516. The largest absolute Gasteiger partial charge is 0.367 e. The fourth-order valence-electron chi connectivity index (χ4n) is 1.07. The van der Waals surface area contributed by atoms with Crippen LogP contribution in [0.2, 0.25) is 0 Å². The van der Waals surface area contributed by atoms with E-state index in [0.717, 1.165) is 6.42 Å². The standard InChI is InChI=1S/C11H14N2/c1-12-9-10-13-8-7-11-5-3-2-4-6-11/h2-5,7-11,13H,1,6H2/b8-7-,10-9-. The molecule has 0 spiro atoms. The zero-order valence-electron chi connectivity index (χ0n) is 7.56. The van der Waals surface area contributed by atoms with Crippen LogP contribution in [0.1, 0.15) is 6.42 Å². The highest BCUT2D eigenvalue weighted by molar-refractivity contribution is 5.25. The van der Waals surface area contributed by atoms with E-state index in [1.165, 1.54) is 0 Å². The molecular weight excluding hydrogens is 160 g/mol. The van der Waals surface area contributed by atoms with Gasteiger partial charge in [-0.25, -0.2) is 0 Å². The van der Waals surface area contributed by atoms with Crippen molar-refractivity contribution in [1.82, 2.24) is 5.32 Å². The number of nitrogens with one attached hydrogen (secondary N) is 1. The smallest absolute Gasteiger partial charge is 0.0420 e. The van der Waals surface area contributed by atoms with Gasteiger partial charge in [-0.1, -0.05) is 30.4 Å². The van der Waals surface area contributed by atoms with Crippen LogP contribution in [0.15, 0.2) is 54.0 Å². The molecule has 0 bridgehead atoms. The Morgan fingerprint density at radius 3 is 3.00 bits per heavy atom. The molecule has 1 N–H and O–H groups in total. The lowest BCUT2D eigenvalue weighted by atomic mass is 10.0. The lowest BCUT2D eigenvalue weighted by molar-refractivity contribution is 0.815. The molecule has 0 saturated heterocycles. The minimum atomic E-state index is 0.516. The predicted octanol–water partition coefficient (Wildman–Crippen LogP) is 2.39. The van der Waals surface area contributed by atoms with Gasteiger partial charge in [0.1, 0.15) is 0 Å². The summed E-state index contributed by atoms with van der Waals surface area (Å²) in [6, 6.07) is 0. The first-order valence-corrected chi connectivity index (χ1v) is 4.30. The van der Waals surface area contributed by atoms with Crippen LogP contribution in [0.4, 0.5) is 0 Å². The van der Waals surface area contributed by atoms with Crippen LogP contribution in [0.25, 0.3) is 0 Å². The molecule has 1 aliphatic carbocycles. The Morgan fingerprint density at radius 2 is 2.31 bits per heavy atom. The van der Waals surface area contributed by atoms with Gasteiger partial charge in [0.05, 0.1) is 0 Å². The zero-order chi connectivity index (χ0) is 9.36. The van der Waals surface area contributed by atoms with E-state index in [1.54, 1.807) is 12.4 Å². The second-order valence-electron chi connectivity index (χ2n) is 2.74. The van der Waals surface area contributed by atoms with Crippen molar-refractivity contribution in [3.63, 3.8) is 0 Å². The van der Waals surface area contributed by atoms with Gasteiger partial charge in [0.15, 0.2) is 0 Å². The van der Waals surface area contributed by atoms with E-state index < -0.39 is 0 Å². The van der Waals surface area contributed by atoms with Gasteiger partial charge in [-0.3, -0.25) is 4.99 Å². The van der Waals surface area contributed by atoms with Crippen molar-refractivity contribution in [3.8, 4) is 0 Å². The van der Waals surface area contributed by atoms with Crippen LogP contribution < -0.4 is 5.32 Å². The molecule has 2 nitrogen and oxygen atoms in total. The summed E-state index contributed by atoms with van der Waals surface area (Å²) in [5.41, 5.74) is 0. The molecule has 68 valence electrons. The summed E-state index contributed by atoms with van der Waals surface area (Å²) < 4.78 is 0. The lowest BCUT2D eigenvalue weighted by Crippen LogP contribution is -1.96. The van der Waals surface area contributed by atoms with Gasteiger partial charge in [-0.05, 0) is 19.3 Å². The first-order chi connectivity index (χ1) is 6.43. The summed E-state index contributed by atoms with van der Waals surface area (Å²) >= 11 is 0. The average molecular weight is 174 g/mol. The zero-order valence-corrected chi connectivity index (χ0v) is 7.56. The van der Waals surface area contributed by atoms with Crippen molar-refractivity contribution < 1.29 is 0 Å². The Labute approximate surface area is 79.1 Å². The summed E-state index contributed by atoms with van der Waals surface area (Å²) in [7, 11) is 0. The summed E-state index contributed by atoms with van der Waals surface area (Å²) in [6.45, 7) is 3.33. The normalized spacial score (nSPS) is 21.4. The Hall–Kier alpha value is -1.57. The van der Waals surface area contributed by atoms with Crippen molar-refractivity contribution in [1.29, 1.82) is 0 Å². The van der Waals surface area contributed by atoms with E-state index in [9.17, 15) is 0 Å². The van der Waals surface area contributed by atoms with Gasteiger partial charge in [0, 0.05) is 18.3 Å². The van der Waals surface area contributed by atoms with Gasteiger partial charge in [-0.15, -0.1) is 0 Å². The molecule has 0 fully saturated rings. The van der Waals surface area contributed by atoms with Crippen molar-refractivity contribution in [2.45, 2.75) is 6.42 Å². The minimum absolute atomic E-state index is 0.516. The first-order valence-electron chi connectivity index (χ1n) is 4.30. The Balaban J connectivity index is 2.23. The second-order valence-corrected chi connectivity index (χ2v) is 2.74. The van der Waals surface area contributed by atoms with Crippen molar-refractivity contribution >= 4 is 6.72 Å². The molecule has 13 heavy (non-hydrogen) atoms. The maximum Gasteiger partial charge on any atom is 0.0420 e. The van der Waals surface area contributed by atoms with E-state index in [-0.39, 0.29) is 0 Å². The van der Waals surface area contributed by atoms with E-state index >= 15 is 0 Å². The molecule has 0 saturated carbocycles. The molecule has 1 atom stereocenters. The number of rotatable bonds is 4. The van der Waals surface area contributed by atoms with E-state index in [4.69, 9.17) is 0 Å². The molecule has 0 amide bonds. The highest BCUT2D eigenvalue weighted by atomic mass is 14.8. The maximum atomic E-state index is 3.57. The summed E-state index contributed by atoms with van der Waals surface area (Å²) in [6.07, 6.45) is 16.9. The van der Waals surface area contributed by atoms with Crippen LogP contribution in [-0.4, -0.2) is 6.72 Å². The van der Waals surface area contributed by atoms with Gasteiger partial charge < -0.3 is 5.32 Å². The Kier molecular flexibility index (Phi) is 4.39. The number of aliphatic imine (C=N–C) groups is 1. The third-order valence-corrected chi connectivity index (χ3v) is 1.73. The minimum Gasteiger partial charge on any atom is -0.367 e. The Bertz CT molecular complexity index is 259. The second kappa shape index (κ2) is 6.00.